The monoisotopic (exact) mass is 322 g/mol. The molecule has 0 saturated carbocycles. The lowest BCUT2D eigenvalue weighted by molar-refractivity contribution is -0.134. The van der Waals surface area contributed by atoms with E-state index in [1.807, 2.05) is 37.3 Å². The van der Waals surface area contributed by atoms with E-state index in [4.69, 9.17) is 9.47 Å². The number of carbonyl (C=O) groups is 1. The average Bonchev–Trinajstić information content (AvgIpc) is 2.73. The van der Waals surface area contributed by atoms with Gasteiger partial charge in [-0.25, -0.2) is 0 Å². The zero-order valence-electron chi connectivity index (χ0n) is 13.7. The number of hydrogen-bond donors (Lipinski definition) is 0. The van der Waals surface area contributed by atoms with Crippen LogP contribution in [0.5, 0.6) is 11.5 Å². The third kappa shape index (κ3) is 2.95. The first-order valence-electron chi connectivity index (χ1n) is 7.97. The number of carbonyl (C=O) groups excluding carboxylic acids is 1. The van der Waals surface area contributed by atoms with E-state index in [1.165, 1.54) is 0 Å². The van der Waals surface area contributed by atoms with Gasteiger partial charge in [0.2, 0.25) is 0 Å². The predicted octanol–water partition coefficient (Wildman–Crippen LogP) is 4.07. The van der Waals surface area contributed by atoms with E-state index < -0.39 is 0 Å². The van der Waals surface area contributed by atoms with Crippen molar-refractivity contribution in [1.29, 1.82) is 0 Å². The fourth-order valence-electron chi connectivity index (χ4n) is 2.68. The first kappa shape index (κ1) is 16.0. The van der Waals surface area contributed by atoms with E-state index >= 15 is 0 Å². The zero-order chi connectivity index (χ0) is 17.1. The van der Waals surface area contributed by atoms with Gasteiger partial charge in [0.25, 0.3) is 0 Å². The molecule has 0 fully saturated rings. The van der Waals surface area contributed by atoms with Gasteiger partial charge in [-0.3, -0.25) is 9.59 Å². The molecule has 3 aromatic carbocycles. The average molecular weight is 322 g/mol. The Morgan fingerprint density at radius 3 is 2.50 bits per heavy atom. The van der Waals surface area contributed by atoms with Crippen molar-refractivity contribution < 1.29 is 14.3 Å². The lowest BCUT2D eigenvalue weighted by Gasteiger charge is -2.09. The molecule has 3 aromatic rings. The molecule has 4 heteroatoms. The third-order valence-corrected chi connectivity index (χ3v) is 3.80. The van der Waals surface area contributed by atoms with Gasteiger partial charge in [0.05, 0.1) is 12.0 Å². The van der Waals surface area contributed by atoms with Gasteiger partial charge in [0, 0.05) is 17.9 Å². The van der Waals surface area contributed by atoms with Crippen molar-refractivity contribution >= 4 is 27.5 Å². The Hall–Kier alpha value is -2.88. The van der Waals surface area contributed by atoms with E-state index in [-0.39, 0.29) is 17.8 Å². The summed E-state index contributed by atoms with van der Waals surface area (Å²) >= 11 is 0. The van der Waals surface area contributed by atoms with Crippen LogP contribution in [0.2, 0.25) is 0 Å². The van der Waals surface area contributed by atoms with E-state index in [0.717, 1.165) is 5.39 Å². The molecular formula is C20H18O4. The molecular weight excluding hydrogens is 304 g/mol. The molecule has 0 amide bonds. The molecule has 122 valence electrons. The highest BCUT2D eigenvalue weighted by atomic mass is 16.5. The van der Waals surface area contributed by atoms with Gasteiger partial charge in [-0.1, -0.05) is 43.3 Å². The highest BCUT2D eigenvalue weighted by Crippen LogP contribution is 2.30. The molecule has 3 rings (SSSR count). The van der Waals surface area contributed by atoms with Crippen LogP contribution in [0.15, 0.2) is 53.3 Å². The molecule has 0 unspecified atom stereocenters. The van der Waals surface area contributed by atoms with Crippen LogP contribution in [0.25, 0.3) is 21.5 Å². The van der Waals surface area contributed by atoms with E-state index in [9.17, 15) is 9.59 Å². The molecule has 0 N–H and O–H groups in total. The van der Waals surface area contributed by atoms with Crippen molar-refractivity contribution in [3.05, 3.63) is 58.8 Å². The maximum atomic E-state index is 13.0. The minimum atomic E-state index is -0.329. The molecule has 0 saturated heterocycles. The quantitative estimate of drug-likeness (QED) is 0.537. The van der Waals surface area contributed by atoms with Crippen molar-refractivity contribution in [2.45, 2.75) is 20.3 Å². The minimum Gasteiger partial charge on any atom is -0.493 e. The lowest BCUT2D eigenvalue weighted by Crippen LogP contribution is -2.07. The Kier molecular flexibility index (Phi) is 4.47. The maximum Gasteiger partial charge on any atom is 0.310 e. The van der Waals surface area contributed by atoms with Crippen LogP contribution in [0.3, 0.4) is 0 Å². The summed E-state index contributed by atoms with van der Waals surface area (Å²) in [4.78, 5) is 24.6. The summed E-state index contributed by atoms with van der Waals surface area (Å²) in [6, 6.07) is 14.5. The Bertz CT molecular complexity index is 976. The van der Waals surface area contributed by atoms with Crippen molar-refractivity contribution in [2.75, 3.05) is 6.61 Å². The number of hydrogen-bond acceptors (Lipinski definition) is 4. The van der Waals surface area contributed by atoms with Gasteiger partial charge in [-0.2, -0.15) is 0 Å². The second kappa shape index (κ2) is 6.71. The van der Waals surface area contributed by atoms with Crippen LogP contribution in [-0.4, -0.2) is 12.6 Å². The van der Waals surface area contributed by atoms with Crippen molar-refractivity contribution in [1.82, 2.24) is 0 Å². The Morgan fingerprint density at radius 2 is 1.75 bits per heavy atom. The van der Waals surface area contributed by atoms with E-state index in [0.29, 0.717) is 34.3 Å². The molecule has 0 atom stereocenters. The summed E-state index contributed by atoms with van der Waals surface area (Å²) in [7, 11) is 0. The lowest BCUT2D eigenvalue weighted by atomic mass is 10.1. The third-order valence-electron chi connectivity index (χ3n) is 3.80. The summed E-state index contributed by atoms with van der Waals surface area (Å²) in [6.45, 7) is 3.99. The molecule has 0 bridgehead atoms. The highest BCUT2D eigenvalue weighted by molar-refractivity contribution is 5.97. The van der Waals surface area contributed by atoms with Crippen molar-refractivity contribution in [2.24, 2.45) is 0 Å². The van der Waals surface area contributed by atoms with Gasteiger partial charge in [0.15, 0.2) is 5.43 Å². The molecule has 0 aromatic heterocycles. The van der Waals surface area contributed by atoms with E-state index in [2.05, 4.69) is 0 Å². The second-order valence-electron chi connectivity index (χ2n) is 5.40. The fourth-order valence-corrected chi connectivity index (χ4v) is 2.68. The standard InChI is InChI=1S/C20H18O4/c1-3-18(21)24-15-11-14-10-9-13-7-5-6-8-16(13)20(22)19(14)17(12-15)23-4-2/h5-12H,3-4H2,1-2H3. The summed E-state index contributed by atoms with van der Waals surface area (Å²) < 4.78 is 11.0. The Labute approximate surface area is 139 Å². The van der Waals surface area contributed by atoms with E-state index in [1.54, 1.807) is 25.1 Å². The first-order valence-corrected chi connectivity index (χ1v) is 7.97. The van der Waals surface area contributed by atoms with Gasteiger partial charge in [-0.05, 0) is 23.8 Å². The smallest absolute Gasteiger partial charge is 0.310 e. The molecule has 0 heterocycles. The molecule has 4 nitrogen and oxygen atoms in total. The highest BCUT2D eigenvalue weighted by Gasteiger charge is 2.12. The van der Waals surface area contributed by atoms with Crippen LogP contribution < -0.4 is 14.9 Å². The maximum absolute atomic E-state index is 13.0. The summed E-state index contributed by atoms with van der Waals surface area (Å²) in [5.74, 6) is 0.484. The summed E-state index contributed by atoms with van der Waals surface area (Å²) in [6.07, 6.45) is 0.279. The van der Waals surface area contributed by atoms with Gasteiger partial charge >= 0.3 is 5.97 Å². The second-order valence-corrected chi connectivity index (χ2v) is 5.40. The Morgan fingerprint density at radius 1 is 1.00 bits per heavy atom. The normalized spacial score (nSPS) is 10.8. The molecule has 24 heavy (non-hydrogen) atoms. The van der Waals surface area contributed by atoms with Gasteiger partial charge in [0.1, 0.15) is 11.5 Å². The minimum absolute atomic E-state index is 0.0950. The summed E-state index contributed by atoms with van der Waals surface area (Å²) in [5.41, 5.74) is -0.0950. The van der Waals surface area contributed by atoms with Gasteiger partial charge in [-0.15, -0.1) is 0 Å². The molecule has 0 aliphatic heterocycles. The van der Waals surface area contributed by atoms with Crippen LogP contribution in [-0.2, 0) is 4.79 Å². The van der Waals surface area contributed by atoms with Crippen LogP contribution in [0.1, 0.15) is 20.3 Å². The molecule has 0 spiro atoms. The fraction of sp³-hybridized carbons (Fsp3) is 0.200. The number of esters is 1. The molecule has 0 aliphatic rings. The van der Waals surface area contributed by atoms with Crippen LogP contribution in [0.4, 0.5) is 0 Å². The topological polar surface area (TPSA) is 52.6 Å². The van der Waals surface area contributed by atoms with Crippen molar-refractivity contribution in [3.8, 4) is 11.5 Å². The number of ether oxygens (including phenoxy) is 2. The van der Waals surface area contributed by atoms with Crippen LogP contribution >= 0.6 is 0 Å². The number of fused-ring (bicyclic) bond motifs is 2. The zero-order valence-corrected chi connectivity index (χ0v) is 13.7. The Balaban J connectivity index is 2.36. The predicted molar refractivity (Wildman–Crippen MR) is 94.8 cm³/mol. The number of rotatable bonds is 4. The number of benzene rings is 2. The molecule has 0 aliphatic carbocycles. The molecule has 0 radical (unpaired) electrons. The van der Waals surface area contributed by atoms with Crippen molar-refractivity contribution in [3.63, 3.8) is 0 Å². The van der Waals surface area contributed by atoms with Gasteiger partial charge < -0.3 is 9.47 Å². The SMILES string of the molecule is CCOc1cc(OC(=O)CC)cc2ccc3ccccc3c(=O)c12. The largest absolute Gasteiger partial charge is 0.493 e. The first-order chi connectivity index (χ1) is 11.6. The van der Waals surface area contributed by atoms with Crippen LogP contribution in [0, 0.1) is 0 Å². The summed E-state index contributed by atoms with van der Waals surface area (Å²) in [5, 5.41) is 2.66.